The maximum absolute atomic E-state index is 10.5. The van der Waals surface area contributed by atoms with Gasteiger partial charge in [0.05, 0.1) is 0 Å². The summed E-state index contributed by atoms with van der Waals surface area (Å²) in [4.78, 5) is 23.6. The standard InChI is InChI=1S/C7H5N2O.C7H6O7S/c8-9-7-4-2-1-3-6(7)5-10;8-6-2-1-4(14-15(11,12)13)3-5(6)7(9)10/h1-4,7H;1-3,8H,(H,9,10)(H,11,12,13)/q+1;/p-1. The van der Waals surface area contributed by atoms with Gasteiger partial charge in [-0.3, -0.25) is 0 Å². The zero-order valence-corrected chi connectivity index (χ0v) is 13.1. The zero-order valence-electron chi connectivity index (χ0n) is 12.3. The number of benzene rings is 1. The second-order valence-electron chi connectivity index (χ2n) is 4.34. The van der Waals surface area contributed by atoms with Gasteiger partial charge in [-0.2, -0.15) is 0 Å². The molecule has 25 heavy (non-hydrogen) atoms. The van der Waals surface area contributed by atoms with Gasteiger partial charge >= 0.3 is 12.0 Å². The maximum atomic E-state index is 10.5. The van der Waals surface area contributed by atoms with Crippen LogP contribution in [0.25, 0.3) is 4.98 Å². The van der Waals surface area contributed by atoms with Gasteiger partial charge in [0.2, 0.25) is 5.39 Å². The lowest BCUT2D eigenvalue weighted by molar-refractivity contribution is 0.0693. The first-order chi connectivity index (χ1) is 11.7. The monoisotopic (exact) mass is 366 g/mol. The maximum Gasteiger partial charge on any atom is 0.368 e. The Morgan fingerprint density at radius 1 is 1.36 bits per heavy atom. The number of nitrogens with zero attached hydrogens (tertiary/aromatic N) is 2. The van der Waals surface area contributed by atoms with E-state index in [-0.39, 0.29) is 0 Å². The number of hydrogen-bond acceptors (Lipinski definition) is 8. The van der Waals surface area contributed by atoms with Gasteiger partial charge in [0.15, 0.2) is 0 Å². The summed E-state index contributed by atoms with van der Waals surface area (Å²) < 4.78 is 34.4. The van der Waals surface area contributed by atoms with Crippen LogP contribution in [0.3, 0.4) is 0 Å². The average Bonchev–Trinajstić information content (AvgIpc) is 2.55. The number of phenols is 1. The van der Waals surface area contributed by atoms with Crippen LogP contribution in [-0.2, 0) is 15.2 Å². The zero-order chi connectivity index (χ0) is 19.0. The van der Waals surface area contributed by atoms with Crippen molar-refractivity contribution in [2.45, 2.75) is 6.04 Å². The van der Waals surface area contributed by atoms with Crippen molar-refractivity contribution in [1.29, 1.82) is 5.39 Å². The fraction of sp³-hybridized carbons (Fsp3) is 0.0714. The summed E-state index contributed by atoms with van der Waals surface area (Å²) in [5.74, 6) is -0.821. The van der Waals surface area contributed by atoms with E-state index >= 15 is 0 Å². The average molecular weight is 366 g/mol. The molecule has 0 bridgehead atoms. The van der Waals surface area contributed by atoms with Gasteiger partial charge in [0, 0.05) is 12.1 Å². The predicted octanol–water partition coefficient (Wildman–Crippen LogP) is 1.02. The van der Waals surface area contributed by atoms with Gasteiger partial charge in [-0.1, -0.05) is 12.2 Å². The summed E-state index contributed by atoms with van der Waals surface area (Å²) in [7, 11) is -4.96. The molecule has 10 nitrogen and oxygen atoms in total. The molecular formula is C14H10N2O8S. The van der Waals surface area contributed by atoms with Crippen LogP contribution in [-0.4, -0.2) is 41.1 Å². The lowest BCUT2D eigenvalue weighted by Crippen LogP contribution is -2.08. The van der Waals surface area contributed by atoms with Crippen LogP contribution in [0, 0.1) is 5.39 Å². The van der Waals surface area contributed by atoms with E-state index in [0.29, 0.717) is 5.57 Å². The molecular weight excluding hydrogens is 356 g/mol. The van der Waals surface area contributed by atoms with Crippen molar-refractivity contribution in [1.82, 2.24) is 0 Å². The Bertz CT molecular complexity index is 921. The van der Waals surface area contributed by atoms with E-state index in [1.807, 2.05) is 0 Å². The molecule has 0 saturated heterocycles. The fourth-order valence-corrected chi connectivity index (χ4v) is 1.92. The molecule has 0 fully saturated rings. The Kier molecular flexibility index (Phi) is 6.60. The molecule has 0 aromatic heterocycles. The van der Waals surface area contributed by atoms with Gasteiger partial charge in [-0.25, -0.2) is 18.0 Å². The van der Waals surface area contributed by atoms with Crippen molar-refractivity contribution in [2.24, 2.45) is 0 Å². The molecule has 1 atom stereocenters. The number of aromatic hydroxyl groups is 1. The van der Waals surface area contributed by atoms with Gasteiger partial charge in [0.25, 0.3) is 10.4 Å². The van der Waals surface area contributed by atoms with Crippen molar-refractivity contribution in [3.63, 3.8) is 0 Å². The third-order valence-electron chi connectivity index (χ3n) is 2.64. The fourth-order valence-electron chi connectivity index (χ4n) is 1.58. The van der Waals surface area contributed by atoms with Gasteiger partial charge < -0.3 is 18.9 Å². The summed E-state index contributed by atoms with van der Waals surface area (Å²) in [5, 5.41) is 25.9. The molecule has 1 unspecified atom stereocenters. The summed E-state index contributed by atoms with van der Waals surface area (Å²) in [6, 6.07) is 2.07. The van der Waals surface area contributed by atoms with E-state index in [9.17, 15) is 22.6 Å². The second kappa shape index (κ2) is 8.42. The van der Waals surface area contributed by atoms with E-state index in [2.05, 4.69) is 9.16 Å². The third kappa shape index (κ3) is 6.28. The molecule has 0 aliphatic heterocycles. The molecule has 0 heterocycles. The van der Waals surface area contributed by atoms with Gasteiger partial charge in [-0.05, 0) is 18.2 Å². The quantitative estimate of drug-likeness (QED) is 0.343. The number of carbonyl (C=O) groups is 1. The van der Waals surface area contributed by atoms with Crippen molar-refractivity contribution < 1.29 is 37.0 Å². The number of carboxylic acids is 1. The van der Waals surface area contributed by atoms with E-state index < -0.39 is 39.5 Å². The highest BCUT2D eigenvalue weighted by atomic mass is 32.3. The highest BCUT2D eigenvalue weighted by Crippen LogP contribution is 2.23. The highest BCUT2D eigenvalue weighted by Gasteiger charge is 2.22. The Hall–Kier alpha value is -3.45. The minimum atomic E-state index is -4.96. The smallest absolute Gasteiger partial charge is 0.368 e. The number of allylic oxidation sites excluding steroid dienone is 2. The first-order valence-corrected chi connectivity index (χ1v) is 7.67. The van der Waals surface area contributed by atoms with Gasteiger partial charge in [0.1, 0.15) is 33.6 Å². The number of aromatic carboxylic acids is 1. The van der Waals surface area contributed by atoms with E-state index in [1.165, 1.54) is 0 Å². The van der Waals surface area contributed by atoms with Crippen LogP contribution in [0.4, 0.5) is 0 Å². The lowest BCUT2D eigenvalue weighted by atomic mass is 10.1. The Balaban J connectivity index is 0.000000271. The second-order valence-corrected chi connectivity index (χ2v) is 5.32. The highest BCUT2D eigenvalue weighted by molar-refractivity contribution is 7.81. The number of carboxylic acid groups (broad SMARTS) is 1. The van der Waals surface area contributed by atoms with Crippen LogP contribution < -0.4 is 4.18 Å². The number of rotatable bonds is 3. The van der Waals surface area contributed by atoms with Crippen molar-refractivity contribution >= 4 is 22.3 Å². The largest absolute Gasteiger partial charge is 0.716 e. The summed E-state index contributed by atoms with van der Waals surface area (Å²) in [5.41, 5.74) is -0.207. The molecule has 0 amide bonds. The topological polar surface area (TPSA) is 169 Å². The minimum absolute atomic E-state index is 0.352. The summed E-state index contributed by atoms with van der Waals surface area (Å²) in [6.45, 7) is 0. The molecule has 0 radical (unpaired) electrons. The lowest BCUT2D eigenvalue weighted by Gasteiger charge is -2.09. The number of hydrogen-bond donors (Lipinski definition) is 2. The van der Waals surface area contributed by atoms with E-state index in [1.54, 1.807) is 30.2 Å². The Morgan fingerprint density at radius 3 is 2.52 bits per heavy atom. The Labute approximate surface area is 141 Å². The molecule has 1 aromatic carbocycles. The number of carbonyl (C=O) groups excluding carboxylic acids is 1. The van der Waals surface area contributed by atoms with Gasteiger partial charge in [-0.15, -0.1) is 0 Å². The minimum Gasteiger partial charge on any atom is -0.716 e. The Morgan fingerprint density at radius 2 is 2.04 bits per heavy atom. The van der Waals surface area contributed by atoms with Crippen LogP contribution in [0.1, 0.15) is 10.4 Å². The molecule has 1 aromatic rings. The first kappa shape index (κ1) is 19.6. The third-order valence-corrected chi connectivity index (χ3v) is 3.03. The molecule has 1 aliphatic carbocycles. The van der Waals surface area contributed by atoms with Crippen molar-refractivity contribution in [2.75, 3.05) is 0 Å². The molecule has 130 valence electrons. The number of diazo groups is 1. The first-order valence-electron chi connectivity index (χ1n) is 6.33. The van der Waals surface area contributed by atoms with Crippen LogP contribution >= 0.6 is 0 Å². The summed E-state index contributed by atoms with van der Waals surface area (Å²) in [6.07, 6.45) is 6.59. The normalized spacial score (nSPS) is 15.4. The van der Waals surface area contributed by atoms with Crippen LogP contribution in [0.15, 0.2) is 48.1 Å². The molecule has 1 aliphatic rings. The summed E-state index contributed by atoms with van der Waals surface area (Å²) >= 11 is 0. The van der Waals surface area contributed by atoms with Crippen molar-refractivity contribution in [3.05, 3.63) is 58.6 Å². The molecule has 11 heteroatoms. The van der Waals surface area contributed by atoms with E-state index in [4.69, 9.17) is 15.6 Å². The molecule has 2 rings (SSSR count). The van der Waals surface area contributed by atoms with E-state index in [0.717, 1.165) is 18.2 Å². The molecule has 2 N–H and O–H groups in total. The SMILES string of the molecule is N#[N+]C1C=CC=CC1=C=O.O=C(O)c1cc(OS(=O)(=O)[O-])ccc1O. The predicted molar refractivity (Wildman–Crippen MR) is 81.7 cm³/mol. The van der Waals surface area contributed by atoms with Crippen LogP contribution in [0.2, 0.25) is 0 Å². The van der Waals surface area contributed by atoms with Crippen molar-refractivity contribution in [3.8, 4) is 11.5 Å². The molecule has 0 saturated carbocycles. The van der Waals surface area contributed by atoms with Crippen LogP contribution in [0.5, 0.6) is 11.5 Å². The molecule has 0 spiro atoms.